The molecule has 5 nitrogen and oxygen atoms in total. The molecule has 3 aromatic rings. The fraction of sp³-hybridized carbons (Fsp3) is 0.0476. The van der Waals surface area contributed by atoms with Crippen LogP contribution < -0.4 is 10.1 Å². The van der Waals surface area contributed by atoms with Crippen molar-refractivity contribution in [2.75, 3.05) is 7.11 Å². The minimum absolute atomic E-state index is 0.263. The Morgan fingerprint density at radius 1 is 1.11 bits per heavy atom. The van der Waals surface area contributed by atoms with E-state index in [9.17, 15) is 9.18 Å². The van der Waals surface area contributed by atoms with Crippen molar-refractivity contribution in [3.8, 4) is 17.1 Å². The third kappa shape index (κ3) is 3.84. The predicted octanol–water partition coefficient (Wildman–Crippen LogP) is 4.99. The molecule has 1 saturated heterocycles. The molecule has 2 aromatic carbocycles. The lowest BCUT2D eigenvalue weighted by Gasteiger charge is -2.04. The van der Waals surface area contributed by atoms with Gasteiger partial charge in [0.25, 0.3) is 5.91 Å². The molecule has 1 aliphatic heterocycles. The highest BCUT2D eigenvalue weighted by atomic mass is 32.2. The molecule has 7 heteroatoms. The van der Waals surface area contributed by atoms with Gasteiger partial charge < -0.3 is 14.5 Å². The number of methoxy groups -OCH3 is 1. The average Bonchev–Trinajstić information content (AvgIpc) is 3.30. The first-order valence-electron chi connectivity index (χ1n) is 8.41. The van der Waals surface area contributed by atoms with Crippen molar-refractivity contribution >= 4 is 34.6 Å². The molecule has 4 rings (SSSR count). The molecule has 0 atom stereocenters. The van der Waals surface area contributed by atoms with E-state index in [0.29, 0.717) is 33.0 Å². The summed E-state index contributed by atoms with van der Waals surface area (Å²) in [4.78, 5) is 17.0. The number of nitrogens with zero attached hydrogens (tertiary/aromatic N) is 1. The van der Waals surface area contributed by atoms with Gasteiger partial charge in [0.2, 0.25) is 0 Å². The van der Waals surface area contributed by atoms with Crippen molar-refractivity contribution in [2.24, 2.45) is 4.99 Å². The monoisotopic (exact) mass is 394 g/mol. The van der Waals surface area contributed by atoms with Crippen LogP contribution in [0.25, 0.3) is 17.4 Å². The quantitative estimate of drug-likeness (QED) is 0.634. The van der Waals surface area contributed by atoms with Gasteiger partial charge in [-0.25, -0.2) is 9.38 Å². The van der Waals surface area contributed by atoms with E-state index in [1.807, 2.05) is 30.3 Å². The van der Waals surface area contributed by atoms with Crippen LogP contribution in [0.1, 0.15) is 5.76 Å². The molecule has 0 unspecified atom stereocenters. The predicted molar refractivity (Wildman–Crippen MR) is 108 cm³/mol. The van der Waals surface area contributed by atoms with Crippen molar-refractivity contribution < 1.29 is 18.3 Å². The molecule has 1 fully saturated rings. The Balaban J connectivity index is 1.56. The molecule has 0 radical (unpaired) electrons. The Labute approximate surface area is 164 Å². The Morgan fingerprint density at radius 2 is 1.89 bits per heavy atom. The van der Waals surface area contributed by atoms with E-state index in [0.717, 1.165) is 5.56 Å². The van der Waals surface area contributed by atoms with Gasteiger partial charge in [-0.05, 0) is 60.3 Å². The van der Waals surface area contributed by atoms with Gasteiger partial charge in [-0.1, -0.05) is 12.1 Å². The van der Waals surface area contributed by atoms with E-state index < -0.39 is 0 Å². The fourth-order valence-corrected chi connectivity index (χ4v) is 3.49. The summed E-state index contributed by atoms with van der Waals surface area (Å²) in [6.45, 7) is 0. The molecule has 0 bridgehead atoms. The van der Waals surface area contributed by atoms with Crippen LogP contribution in [0.15, 0.2) is 75.0 Å². The first-order valence-corrected chi connectivity index (χ1v) is 9.22. The number of aliphatic imine (C=N–C) groups is 1. The van der Waals surface area contributed by atoms with E-state index >= 15 is 0 Å². The second-order valence-electron chi connectivity index (χ2n) is 5.86. The molecule has 0 spiro atoms. The third-order valence-corrected chi connectivity index (χ3v) is 4.89. The number of nitrogens with one attached hydrogen (secondary N) is 1. The first-order chi connectivity index (χ1) is 13.6. The minimum atomic E-state index is -0.337. The molecule has 1 amide bonds. The van der Waals surface area contributed by atoms with Gasteiger partial charge in [-0.2, -0.15) is 0 Å². The van der Waals surface area contributed by atoms with Crippen LogP contribution in [0, 0.1) is 5.82 Å². The summed E-state index contributed by atoms with van der Waals surface area (Å²) in [7, 11) is 1.60. The highest BCUT2D eigenvalue weighted by molar-refractivity contribution is 8.18. The van der Waals surface area contributed by atoms with Crippen molar-refractivity contribution in [2.45, 2.75) is 0 Å². The van der Waals surface area contributed by atoms with E-state index in [1.165, 1.54) is 23.9 Å². The van der Waals surface area contributed by atoms with E-state index in [2.05, 4.69) is 10.3 Å². The number of carbonyl (C=O) groups excluding carboxylic acids is 1. The zero-order valence-electron chi connectivity index (χ0n) is 14.8. The van der Waals surface area contributed by atoms with Crippen LogP contribution in [0.3, 0.4) is 0 Å². The number of ether oxygens (including phenoxy) is 1. The molecular weight excluding hydrogens is 379 g/mol. The lowest BCUT2D eigenvalue weighted by Crippen LogP contribution is -2.19. The Kier molecular flexibility index (Phi) is 4.99. The molecule has 2 heterocycles. The highest BCUT2D eigenvalue weighted by Gasteiger charge is 2.24. The zero-order valence-corrected chi connectivity index (χ0v) is 15.6. The van der Waals surface area contributed by atoms with Crippen LogP contribution in [0.4, 0.5) is 10.1 Å². The number of amidine groups is 1. The van der Waals surface area contributed by atoms with Crippen molar-refractivity contribution in [3.63, 3.8) is 0 Å². The van der Waals surface area contributed by atoms with Crippen LogP contribution in [0.2, 0.25) is 0 Å². The summed E-state index contributed by atoms with van der Waals surface area (Å²) in [6, 6.07) is 16.9. The van der Waals surface area contributed by atoms with Gasteiger partial charge in [0.1, 0.15) is 23.1 Å². The molecule has 1 aliphatic rings. The molecule has 0 aliphatic carbocycles. The largest absolute Gasteiger partial charge is 0.496 e. The molecule has 140 valence electrons. The number of benzene rings is 2. The summed E-state index contributed by atoms with van der Waals surface area (Å²) < 4.78 is 24.2. The maximum atomic E-state index is 13.0. The topological polar surface area (TPSA) is 63.8 Å². The van der Waals surface area contributed by atoms with Crippen LogP contribution in [-0.2, 0) is 4.79 Å². The number of hydrogen-bond acceptors (Lipinski definition) is 5. The van der Waals surface area contributed by atoms with Gasteiger partial charge in [-0.3, -0.25) is 4.79 Å². The number of thioether (sulfide) groups is 1. The Morgan fingerprint density at radius 3 is 2.68 bits per heavy atom. The average molecular weight is 394 g/mol. The molecular formula is C21H15FN2O3S. The van der Waals surface area contributed by atoms with Crippen molar-refractivity contribution in [3.05, 3.63) is 77.1 Å². The number of furan rings is 1. The zero-order chi connectivity index (χ0) is 19.5. The molecule has 0 saturated carbocycles. The van der Waals surface area contributed by atoms with Gasteiger partial charge >= 0.3 is 0 Å². The van der Waals surface area contributed by atoms with Gasteiger partial charge in [0.05, 0.1) is 23.3 Å². The standard InChI is InChI=1S/C21H15FN2O3S/c1-26-17-5-3-2-4-16(17)18-11-10-15(27-18)12-19-20(25)24-21(28-19)23-14-8-6-13(22)7-9-14/h2-12H,1H3,(H,23,24,25)/b19-12-. The number of rotatable bonds is 4. The summed E-state index contributed by atoms with van der Waals surface area (Å²) in [5, 5.41) is 3.12. The third-order valence-electron chi connectivity index (χ3n) is 3.98. The molecule has 1 aromatic heterocycles. The minimum Gasteiger partial charge on any atom is -0.496 e. The number of para-hydroxylation sites is 1. The van der Waals surface area contributed by atoms with Crippen molar-refractivity contribution in [1.29, 1.82) is 0 Å². The summed E-state index contributed by atoms with van der Waals surface area (Å²) in [5.41, 5.74) is 1.39. The smallest absolute Gasteiger partial charge is 0.264 e. The number of halogens is 1. The summed E-state index contributed by atoms with van der Waals surface area (Å²) in [5.74, 6) is 1.30. The number of amides is 1. The Bertz CT molecular complexity index is 1090. The van der Waals surface area contributed by atoms with Crippen LogP contribution >= 0.6 is 11.8 Å². The van der Waals surface area contributed by atoms with Crippen LogP contribution in [-0.4, -0.2) is 18.2 Å². The van der Waals surface area contributed by atoms with Gasteiger partial charge in [-0.15, -0.1) is 0 Å². The van der Waals surface area contributed by atoms with Crippen molar-refractivity contribution in [1.82, 2.24) is 5.32 Å². The van der Waals surface area contributed by atoms with E-state index in [4.69, 9.17) is 9.15 Å². The van der Waals surface area contributed by atoms with Gasteiger partial charge in [0, 0.05) is 6.08 Å². The second kappa shape index (κ2) is 7.74. The lowest BCUT2D eigenvalue weighted by molar-refractivity contribution is -0.115. The Hall–Kier alpha value is -3.32. The summed E-state index contributed by atoms with van der Waals surface area (Å²) >= 11 is 1.20. The number of carbonyl (C=O) groups is 1. The van der Waals surface area contributed by atoms with E-state index in [1.54, 1.807) is 31.4 Å². The first kappa shape index (κ1) is 18.1. The second-order valence-corrected chi connectivity index (χ2v) is 6.89. The molecule has 28 heavy (non-hydrogen) atoms. The summed E-state index contributed by atoms with van der Waals surface area (Å²) in [6.07, 6.45) is 1.66. The van der Waals surface area contributed by atoms with E-state index in [-0.39, 0.29) is 11.7 Å². The highest BCUT2D eigenvalue weighted by Crippen LogP contribution is 2.33. The SMILES string of the molecule is COc1ccccc1-c1ccc(/C=C2\SC(=Nc3ccc(F)cc3)NC2=O)o1. The van der Waals surface area contributed by atoms with Gasteiger partial charge in [0.15, 0.2) is 5.17 Å². The normalized spacial score (nSPS) is 16.6. The maximum absolute atomic E-state index is 13.0. The maximum Gasteiger partial charge on any atom is 0.264 e. The number of hydrogen-bond donors (Lipinski definition) is 1. The lowest BCUT2D eigenvalue weighted by atomic mass is 10.1. The molecule has 1 N–H and O–H groups in total. The fourth-order valence-electron chi connectivity index (χ4n) is 2.67. The van der Waals surface area contributed by atoms with Crippen LogP contribution in [0.5, 0.6) is 5.75 Å².